The van der Waals surface area contributed by atoms with Crippen LogP contribution in [0.15, 0.2) is 30.6 Å². The number of carbonyl (C=O) groups is 2. The van der Waals surface area contributed by atoms with Crippen molar-refractivity contribution in [2.24, 2.45) is 12.8 Å². The van der Waals surface area contributed by atoms with E-state index in [1.165, 1.54) is 12.0 Å². The van der Waals surface area contributed by atoms with Crippen LogP contribution >= 0.6 is 0 Å². The maximum Gasteiger partial charge on any atom is 0.407 e. The smallest absolute Gasteiger partial charge is 0.407 e. The van der Waals surface area contributed by atoms with Crippen LogP contribution in [0.1, 0.15) is 29.8 Å². The minimum atomic E-state index is -0.937. The van der Waals surface area contributed by atoms with Gasteiger partial charge < -0.3 is 25.2 Å². The van der Waals surface area contributed by atoms with E-state index in [0.717, 1.165) is 22.2 Å². The number of piperazine rings is 1. The molecule has 12 heteroatoms. The summed E-state index contributed by atoms with van der Waals surface area (Å²) in [5.74, 6) is -0.0696. The summed E-state index contributed by atoms with van der Waals surface area (Å²) in [7, 11) is 3.39. The van der Waals surface area contributed by atoms with E-state index < -0.39 is 12.0 Å². The number of pyridine rings is 2. The van der Waals surface area contributed by atoms with Gasteiger partial charge in [0.25, 0.3) is 0 Å². The van der Waals surface area contributed by atoms with Crippen LogP contribution in [-0.4, -0.2) is 80.8 Å². The van der Waals surface area contributed by atoms with Crippen molar-refractivity contribution in [3.8, 4) is 17.0 Å². The zero-order valence-electron chi connectivity index (χ0n) is 22.5. The predicted octanol–water partition coefficient (Wildman–Crippen LogP) is 3.15. The normalized spacial score (nSPS) is 17.7. The van der Waals surface area contributed by atoms with Crippen LogP contribution in [0.3, 0.4) is 0 Å². The molecule has 5 rings (SSSR count). The number of carbonyl (C=O) groups excluding carboxylic acids is 1. The minimum absolute atomic E-state index is 0.0238. The molecule has 1 aliphatic heterocycles. The second kappa shape index (κ2) is 10.0. The molecule has 1 saturated heterocycles. The predicted molar refractivity (Wildman–Crippen MR) is 146 cm³/mol. The number of carboxylic acid groups (broad SMARTS) is 1. The number of benzene rings is 1. The molecule has 4 aromatic rings. The quantitative estimate of drug-likeness (QED) is 0.356. The zero-order valence-corrected chi connectivity index (χ0v) is 22.5. The molecule has 2 amide bonds. The number of aromatic nitrogens is 4. The number of primary amides is 1. The molecule has 3 aromatic heterocycles. The van der Waals surface area contributed by atoms with Crippen molar-refractivity contribution in [1.82, 2.24) is 24.6 Å². The van der Waals surface area contributed by atoms with Gasteiger partial charge in [0.1, 0.15) is 5.75 Å². The number of nitrogens with zero attached hydrogens (tertiary/aromatic N) is 6. The number of methoxy groups -OCH3 is 1. The third kappa shape index (κ3) is 4.67. The molecule has 1 aliphatic rings. The maximum atomic E-state index is 12.7. The number of fused-ring (bicyclic) bond motifs is 2. The summed E-state index contributed by atoms with van der Waals surface area (Å²) in [6, 6.07) is 4.98. The number of hydrogen-bond acceptors (Lipinski definition) is 8. The standard InChI is InChI=1S/C27H31N7O5/c1-14-10-33(11-15(2)34(14)27(36)37)18-7-20-19(25(28)35)8-22(30-26(20)29-9-18)21-6-17-12-32(4)31-23(17)16(3)24(21)39-13-38-5/h6-9,12,14-15H,10-11,13H2,1-5H3,(H2,28,35)(H,36,37)/t14-,15+. The molecule has 2 atom stereocenters. The van der Waals surface area contributed by atoms with Crippen LogP contribution in [0.5, 0.6) is 5.75 Å². The Kier molecular flexibility index (Phi) is 6.73. The highest BCUT2D eigenvalue weighted by Gasteiger charge is 2.33. The van der Waals surface area contributed by atoms with Crippen molar-refractivity contribution in [2.75, 3.05) is 31.9 Å². The van der Waals surface area contributed by atoms with Crippen molar-refractivity contribution in [3.05, 3.63) is 41.7 Å². The molecule has 1 fully saturated rings. The van der Waals surface area contributed by atoms with Gasteiger partial charge in [0.2, 0.25) is 5.91 Å². The van der Waals surface area contributed by atoms with Crippen LogP contribution < -0.4 is 15.4 Å². The molecule has 0 spiro atoms. The minimum Gasteiger partial charge on any atom is -0.466 e. The Morgan fingerprint density at radius 1 is 1.18 bits per heavy atom. The lowest BCUT2D eigenvalue weighted by Gasteiger charge is -2.43. The van der Waals surface area contributed by atoms with Crippen LogP contribution in [0.2, 0.25) is 0 Å². The third-order valence-electron chi connectivity index (χ3n) is 7.11. The lowest BCUT2D eigenvalue weighted by molar-refractivity contribution is 0.0511. The Labute approximate surface area is 224 Å². The average Bonchev–Trinajstić information content (AvgIpc) is 3.26. The molecule has 0 bridgehead atoms. The van der Waals surface area contributed by atoms with E-state index in [9.17, 15) is 14.7 Å². The molecule has 0 aliphatic carbocycles. The van der Waals surface area contributed by atoms with Crippen molar-refractivity contribution in [3.63, 3.8) is 0 Å². The molecule has 12 nitrogen and oxygen atoms in total. The van der Waals surface area contributed by atoms with Gasteiger partial charge in [0.05, 0.1) is 40.7 Å². The van der Waals surface area contributed by atoms with Crippen molar-refractivity contribution in [1.29, 1.82) is 0 Å². The Bertz CT molecular complexity index is 1590. The lowest BCUT2D eigenvalue weighted by atomic mass is 10.00. The fourth-order valence-electron chi connectivity index (χ4n) is 5.45. The first kappa shape index (κ1) is 26.2. The summed E-state index contributed by atoms with van der Waals surface area (Å²) in [5.41, 5.74) is 9.99. The summed E-state index contributed by atoms with van der Waals surface area (Å²) in [5, 5.41) is 15.5. The maximum absolute atomic E-state index is 12.7. The Hall–Kier alpha value is -4.45. The number of hydrogen-bond donors (Lipinski definition) is 2. The van der Waals surface area contributed by atoms with Gasteiger partial charge in [-0.3, -0.25) is 14.4 Å². The van der Waals surface area contributed by atoms with Crippen molar-refractivity contribution in [2.45, 2.75) is 32.9 Å². The molecule has 0 saturated carbocycles. The SMILES string of the molecule is COCOc1c(-c2cc(C(N)=O)c3cc(N4C[C@@H](C)N(C(=O)O)[C@@H](C)C4)cnc3n2)cc2cn(C)nc2c1C. The monoisotopic (exact) mass is 533 g/mol. The number of ether oxygens (including phenoxy) is 2. The molecular weight excluding hydrogens is 502 g/mol. The summed E-state index contributed by atoms with van der Waals surface area (Å²) in [6.07, 6.45) is 2.66. The first-order valence-electron chi connectivity index (χ1n) is 12.5. The van der Waals surface area contributed by atoms with Gasteiger partial charge in [0.15, 0.2) is 12.4 Å². The summed E-state index contributed by atoms with van der Waals surface area (Å²) < 4.78 is 12.8. The van der Waals surface area contributed by atoms with Gasteiger partial charge in [0, 0.05) is 55.3 Å². The van der Waals surface area contributed by atoms with Gasteiger partial charge in [-0.25, -0.2) is 14.8 Å². The Morgan fingerprint density at radius 2 is 1.90 bits per heavy atom. The van der Waals surface area contributed by atoms with E-state index in [1.807, 2.05) is 46.1 Å². The summed E-state index contributed by atoms with van der Waals surface area (Å²) in [6.45, 7) is 6.67. The molecule has 204 valence electrons. The number of amides is 2. The molecule has 0 unspecified atom stereocenters. The highest BCUT2D eigenvalue weighted by Crippen LogP contribution is 2.38. The van der Waals surface area contributed by atoms with Crippen LogP contribution in [0, 0.1) is 6.92 Å². The fourth-order valence-corrected chi connectivity index (χ4v) is 5.45. The van der Waals surface area contributed by atoms with Gasteiger partial charge in [-0.1, -0.05) is 0 Å². The molecule has 3 N–H and O–H groups in total. The van der Waals surface area contributed by atoms with E-state index in [1.54, 1.807) is 16.9 Å². The first-order chi connectivity index (χ1) is 18.6. The Balaban J connectivity index is 1.62. The second-order valence-corrected chi connectivity index (χ2v) is 9.95. The number of anilines is 1. The highest BCUT2D eigenvalue weighted by molar-refractivity contribution is 6.06. The third-order valence-corrected chi connectivity index (χ3v) is 7.11. The van der Waals surface area contributed by atoms with E-state index >= 15 is 0 Å². The van der Waals surface area contributed by atoms with E-state index in [4.69, 9.17) is 20.2 Å². The molecular formula is C27H31N7O5. The summed E-state index contributed by atoms with van der Waals surface area (Å²) >= 11 is 0. The molecule has 39 heavy (non-hydrogen) atoms. The fraction of sp³-hybridized carbons (Fsp3) is 0.370. The topological polar surface area (TPSA) is 149 Å². The largest absolute Gasteiger partial charge is 0.466 e. The Morgan fingerprint density at radius 3 is 2.54 bits per heavy atom. The average molecular weight is 534 g/mol. The van der Waals surface area contributed by atoms with E-state index in [0.29, 0.717) is 41.1 Å². The second-order valence-electron chi connectivity index (χ2n) is 9.95. The first-order valence-corrected chi connectivity index (χ1v) is 12.5. The number of nitrogens with two attached hydrogens (primary N) is 1. The van der Waals surface area contributed by atoms with Gasteiger partial charge >= 0.3 is 6.09 Å². The van der Waals surface area contributed by atoms with Gasteiger partial charge in [-0.2, -0.15) is 5.10 Å². The van der Waals surface area contributed by atoms with Crippen LogP contribution in [-0.2, 0) is 11.8 Å². The summed E-state index contributed by atoms with van der Waals surface area (Å²) in [4.78, 5) is 37.2. The van der Waals surface area contributed by atoms with Crippen LogP contribution in [0.25, 0.3) is 33.2 Å². The van der Waals surface area contributed by atoms with E-state index in [-0.39, 0.29) is 24.4 Å². The van der Waals surface area contributed by atoms with Crippen LogP contribution in [0.4, 0.5) is 10.5 Å². The highest BCUT2D eigenvalue weighted by atomic mass is 16.7. The van der Waals surface area contributed by atoms with Crippen molar-refractivity contribution < 1.29 is 24.2 Å². The zero-order chi connectivity index (χ0) is 28.0. The molecule has 0 radical (unpaired) electrons. The number of rotatable bonds is 6. The van der Waals surface area contributed by atoms with Crippen molar-refractivity contribution >= 4 is 39.6 Å². The number of aryl methyl sites for hydroxylation is 2. The van der Waals surface area contributed by atoms with Gasteiger partial charge in [-0.15, -0.1) is 0 Å². The molecule has 1 aromatic carbocycles. The van der Waals surface area contributed by atoms with E-state index in [2.05, 4.69) is 15.0 Å². The van der Waals surface area contributed by atoms with Gasteiger partial charge in [-0.05, 0) is 39.0 Å². The lowest BCUT2D eigenvalue weighted by Crippen LogP contribution is -2.58. The molecule has 4 heterocycles.